The molecule has 130 valence electrons. The Balaban J connectivity index is 0.00000264. The number of hydrogen-bond acceptors (Lipinski definition) is 4. The predicted molar refractivity (Wildman–Crippen MR) is 84.8 cm³/mol. The van der Waals surface area contributed by atoms with E-state index in [2.05, 4.69) is 10.6 Å². The lowest BCUT2D eigenvalue weighted by Crippen LogP contribution is -2.50. The molecule has 2 unspecified atom stereocenters. The minimum Gasteiger partial charge on any atom is -0.348 e. The topological polar surface area (TPSA) is 75.3 Å². The van der Waals surface area contributed by atoms with Gasteiger partial charge in [-0.15, -0.1) is 12.4 Å². The Bertz CT molecular complexity index is 638. The molecule has 0 bridgehead atoms. The zero-order valence-corrected chi connectivity index (χ0v) is 14.1. The van der Waals surface area contributed by atoms with E-state index in [9.17, 15) is 22.0 Å². The van der Waals surface area contributed by atoms with Gasteiger partial charge in [0.15, 0.2) is 0 Å². The predicted octanol–water partition coefficient (Wildman–Crippen LogP) is 1.83. The van der Waals surface area contributed by atoms with Gasteiger partial charge in [-0.05, 0) is 43.1 Å². The lowest BCUT2D eigenvalue weighted by Gasteiger charge is -2.30. The van der Waals surface area contributed by atoms with Gasteiger partial charge in [0.05, 0.1) is 4.90 Å². The number of amides is 1. The standard InChI is InChI=1S/C14H18F2N2O3S.ClH/c1-9-6-7-17-8-12(9)18-13(19)10-2-4-11(5-3-10)22(20,21)14(15)16;/h2-5,9,12,14,17H,6-8H2,1H3,(H,18,19);1H. The van der Waals surface area contributed by atoms with Gasteiger partial charge < -0.3 is 10.6 Å². The van der Waals surface area contributed by atoms with Crippen LogP contribution in [0.1, 0.15) is 23.7 Å². The number of nitrogens with one attached hydrogen (secondary N) is 2. The van der Waals surface area contributed by atoms with Crippen molar-refractivity contribution in [1.29, 1.82) is 0 Å². The van der Waals surface area contributed by atoms with Gasteiger partial charge in [-0.1, -0.05) is 6.92 Å². The average molecular weight is 369 g/mol. The molecule has 1 aliphatic rings. The highest BCUT2D eigenvalue weighted by atomic mass is 35.5. The van der Waals surface area contributed by atoms with Crippen LogP contribution < -0.4 is 10.6 Å². The maximum atomic E-state index is 12.4. The van der Waals surface area contributed by atoms with Crippen molar-refractivity contribution < 1.29 is 22.0 Å². The minimum atomic E-state index is -4.63. The summed E-state index contributed by atoms with van der Waals surface area (Å²) in [5.41, 5.74) is 0.242. The molecule has 1 fully saturated rings. The summed E-state index contributed by atoms with van der Waals surface area (Å²) in [5, 5.41) is 6.05. The van der Waals surface area contributed by atoms with Gasteiger partial charge >= 0.3 is 5.76 Å². The molecular formula is C14H19ClF2N2O3S. The van der Waals surface area contributed by atoms with E-state index < -0.39 is 20.5 Å². The molecule has 1 aliphatic heterocycles. The highest BCUT2D eigenvalue weighted by Crippen LogP contribution is 2.19. The van der Waals surface area contributed by atoms with Gasteiger partial charge in [-0.3, -0.25) is 4.79 Å². The van der Waals surface area contributed by atoms with E-state index >= 15 is 0 Å². The molecule has 1 heterocycles. The van der Waals surface area contributed by atoms with Crippen LogP contribution in [0.5, 0.6) is 0 Å². The third-order valence-corrected chi connectivity index (χ3v) is 5.22. The summed E-state index contributed by atoms with van der Waals surface area (Å²) < 4.78 is 47.5. The molecule has 1 aromatic rings. The molecule has 0 aliphatic carbocycles. The first-order valence-corrected chi connectivity index (χ1v) is 8.50. The number of carbonyl (C=O) groups excluding carboxylic acids is 1. The Hall–Kier alpha value is -1.25. The van der Waals surface area contributed by atoms with Crippen LogP contribution in [0.3, 0.4) is 0 Å². The molecule has 1 amide bonds. The number of benzene rings is 1. The van der Waals surface area contributed by atoms with Crippen molar-refractivity contribution in [2.75, 3.05) is 13.1 Å². The van der Waals surface area contributed by atoms with Crippen LogP contribution in [0.4, 0.5) is 8.78 Å². The summed E-state index contributed by atoms with van der Waals surface area (Å²) in [6.45, 7) is 3.63. The Morgan fingerprint density at radius 3 is 2.43 bits per heavy atom. The van der Waals surface area contributed by atoms with E-state index in [1.807, 2.05) is 6.92 Å². The van der Waals surface area contributed by atoms with Crippen LogP contribution >= 0.6 is 12.4 Å². The molecule has 0 saturated carbocycles. The summed E-state index contributed by atoms with van der Waals surface area (Å²) in [6, 6.07) is 4.53. The number of alkyl halides is 2. The largest absolute Gasteiger partial charge is 0.348 e. The fourth-order valence-corrected chi connectivity index (χ4v) is 3.05. The van der Waals surface area contributed by atoms with Crippen molar-refractivity contribution in [3.63, 3.8) is 0 Å². The SMILES string of the molecule is CC1CCNCC1NC(=O)c1ccc(S(=O)(=O)C(F)F)cc1.Cl. The number of piperidine rings is 1. The van der Waals surface area contributed by atoms with E-state index in [1.54, 1.807) is 0 Å². The molecule has 0 aromatic heterocycles. The van der Waals surface area contributed by atoms with Gasteiger partial charge in [0.2, 0.25) is 9.84 Å². The van der Waals surface area contributed by atoms with Crippen LogP contribution in [-0.2, 0) is 9.84 Å². The van der Waals surface area contributed by atoms with Gasteiger partial charge in [0.25, 0.3) is 5.91 Å². The lowest BCUT2D eigenvalue weighted by molar-refractivity contribution is 0.0915. The molecule has 0 radical (unpaired) electrons. The fraction of sp³-hybridized carbons (Fsp3) is 0.500. The molecule has 2 rings (SSSR count). The first-order valence-electron chi connectivity index (χ1n) is 6.96. The first kappa shape index (κ1) is 19.8. The molecule has 23 heavy (non-hydrogen) atoms. The fourth-order valence-electron chi connectivity index (χ4n) is 2.33. The Labute approximate surface area is 140 Å². The van der Waals surface area contributed by atoms with E-state index in [0.717, 1.165) is 25.1 Å². The molecular weight excluding hydrogens is 350 g/mol. The Kier molecular flexibility index (Phi) is 6.91. The Morgan fingerprint density at radius 1 is 1.30 bits per heavy atom. The zero-order chi connectivity index (χ0) is 16.3. The van der Waals surface area contributed by atoms with Gasteiger partial charge in [0.1, 0.15) is 0 Å². The van der Waals surface area contributed by atoms with E-state index in [-0.39, 0.29) is 29.9 Å². The molecule has 2 atom stereocenters. The number of sulfone groups is 1. The minimum absolute atomic E-state index is 0. The molecule has 5 nitrogen and oxygen atoms in total. The van der Waals surface area contributed by atoms with Crippen LogP contribution in [0.2, 0.25) is 0 Å². The second-order valence-corrected chi connectivity index (χ2v) is 7.30. The van der Waals surface area contributed by atoms with Crippen molar-refractivity contribution in [2.24, 2.45) is 5.92 Å². The van der Waals surface area contributed by atoms with Crippen LogP contribution in [0, 0.1) is 5.92 Å². The number of halogens is 3. The van der Waals surface area contributed by atoms with Crippen LogP contribution in [-0.4, -0.2) is 39.2 Å². The second-order valence-electron chi connectivity index (χ2n) is 5.38. The lowest BCUT2D eigenvalue weighted by atomic mass is 9.94. The molecule has 1 aromatic carbocycles. The quantitative estimate of drug-likeness (QED) is 0.850. The molecule has 9 heteroatoms. The smallest absolute Gasteiger partial charge is 0.341 e. The third-order valence-electron chi connectivity index (χ3n) is 3.82. The van der Waals surface area contributed by atoms with Crippen molar-refractivity contribution in [3.8, 4) is 0 Å². The summed E-state index contributed by atoms with van der Waals surface area (Å²) in [4.78, 5) is 11.6. The third kappa shape index (κ3) is 4.62. The van der Waals surface area contributed by atoms with Crippen molar-refractivity contribution >= 4 is 28.2 Å². The summed E-state index contributed by atoms with van der Waals surface area (Å²) in [6.07, 6.45) is 0.955. The maximum absolute atomic E-state index is 12.4. The van der Waals surface area contributed by atoms with Gasteiger partial charge in [-0.25, -0.2) is 8.42 Å². The summed E-state index contributed by atoms with van der Waals surface area (Å²) >= 11 is 0. The maximum Gasteiger partial charge on any atom is 0.341 e. The van der Waals surface area contributed by atoms with Crippen molar-refractivity contribution in [1.82, 2.24) is 10.6 Å². The summed E-state index contributed by atoms with van der Waals surface area (Å²) in [5.74, 6) is -3.48. The zero-order valence-electron chi connectivity index (χ0n) is 12.5. The van der Waals surface area contributed by atoms with E-state index in [4.69, 9.17) is 0 Å². The van der Waals surface area contributed by atoms with E-state index in [1.165, 1.54) is 12.1 Å². The summed E-state index contributed by atoms with van der Waals surface area (Å²) in [7, 11) is -4.63. The van der Waals surface area contributed by atoms with Crippen molar-refractivity contribution in [2.45, 2.75) is 30.0 Å². The number of rotatable bonds is 4. The molecule has 1 saturated heterocycles. The normalized spacial score (nSPS) is 21.6. The highest BCUT2D eigenvalue weighted by Gasteiger charge is 2.27. The average Bonchev–Trinajstić information content (AvgIpc) is 2.49. The molecule has 0 spiro atoms. The Morgan fingerprint density at radius 2 is 1.91 bits per heavy atom. The van der Waals surface area contributed by atoms with Gasteiger partial charge in [-0.2, -0.15) is 8.78 Å². The number of hydrogen-bond donors (Lipinski definition) is 2. The number of carbonyl (C=O) groups is 1. The van der Waals surface area contributed by atoms with Gasteiger partial charge in [0, 0.05) is 18.2 Å². The van der Waals surface area contributed by atoms with Crippen LogP contribution in [0.25, 0.3) is 0 Å². The second kappa shape index (κ2) is 8.03. The highest BCUT2D eigenvalue weighted by molar-refractivity contribution is 7.91. The van der Waals surface area contributed by atoms with Crippen molar-refractivity contribution in [3.05, 3.63) is 29.8 Å². The van der Waals surface area contributed by atoms with Crippen LogP contribution in [0.15, 0.2) is 29.2 Å². The molecule has 2 N–H and O–H groups in total. The first-order chi connectivity index (χ1) is 10.3. The van der Waals surface area contributed by atoms with E-state index in [0.29, 0.717) is 12.5 Å². The monoisotopic (exact) mass is 368 g/mol.